The molecule has 116 valence electrons. The van der Waals surface area contributed by atoms with Gasteiger partial charge in [0, 0.05) is 37.7 Å². The summed E-state index contributed by atoms with van der Waals surface area (Å²) in [7, 11) is 0. The van der Waals surface area contributed by atoms with E-state index in [2.05, 4.69) is 4.90 Å². The van der Waals surface area contributed by atoms with Crippen LogP contribution in [0.25, 0.3) is 0 Å². The van der Waals surface area contributed by atoms with Gasteiger partial charge in [0.15, 0.2) is 0 Å². The molecule has 0 atom stereocenters. The predicted molar refractivity (Wildman–Crippen MR) is 84.5 cm³/mol. The molecular weight excluding hydrogens is 288 g/mol. The van der Waals surface area contributed by atoms with Gasteiger partial charge in [-0.25, -0.2) is 4.79 Å². The third-order valence-corrected chi connectivity index (χ3v) is 3.74. The largest absolute Gasteiger partial charge is 0.449 e. The maximum absolute atomic E-state index is 11.9. The van der Waals surface area contributed by atoms with E-state index in [1.807, 2.05) is 38.1 Å². The first-order valence-electron chi connectivity index (χ1n) is 7.43. The molecule has 1 saturated heterocycles. The molecule has 0 bridgehead atoms. The summed E-state index contributed by atoms with van der Waals surface area (Å²) >= 11 is 5.89. The second kappa shape index (κ2) is 7.66. The molecule has 1 aromatic rings. The lowest BCUT2D eigenvalue weighted by atomic mass is 10.2. The van der Waals surface area contributed by atoms with Crippen molar-refractivity contribution >= 4 is 17.7 Å². The van der Waals surface area contributed by atoms with E-state index in [0.29, 0.717) is 12.5 Å². The molecule has 1 fully saturated rings. The van der Waals surface area contributed by atoms with Crippen molar-refractivity contribution in [3.63, 3.8) is 0 Å². The summed E-state index contributed by atoms with van der Waals surface area (Å²) < 4.78 is 5.26. The Kier molecular flexibility index (Phi) is 5.88. The first kappa shape index (κ1) is 16.1. The normalized spacial score (nSPS) is 16.3. The Morgan fingerprint density at radius 1 is 1.19 bits per heavy atom. The summed E-state index contributed by atoms with van der Waals surface area (Å²) in [5.41, 5.74) is 1.25. The number of benzene rings is 1. The molecule has 1 amide bonds. The minimum absolute atomic E-state index is 0.185. The molecule has 0 aromatic heterocycles. The monoisotopic (exact) mass is 310 g/mol. The molecule has 2 rings (SSSR count). The lowest BCUT2D eigenvalue weighted by molar-refractivity contribution is 0.0676. The first-order chi connectivity index (χ1) is 10.0. The molecule has 21 heavy (non-hydrogen) atoms. The molecule has 5 heteroatoms. The number of carbonyl (C=O) groups is 1. The molecule has 0 N–H and O–H groups in total. The highest BCUT2D eigenvalue weighted by Crippen LogP contribution is 2.13. The maximum Gasteiger partial charge on any atom is 0.409 e. The van der Waals surface area contributed by atoms with E-state index < -0.39 is 0 Å². The average molecular weight is 311 g/mol. The van der Waals surface area contributed by atoms with Crippen LogP contribution in [0.15, 0.2) is 24.3 Å². The fraction of sp³-hybridized carbons (Fsp3) is 0.562. The van der Waals surface area contributed by atoms with Gasteiger partial charge < -0.3 is 9.64 Å². The molecule has 0 radical (unpaired) electrons. The van der Waals surface area contributed by atoms with E-state index in [1.165, 1.54) is 5.56 Å². The van der Waals surface area contributed by atoms with Crippen molar-refractivity contribution in [3.05, 3.63) is 34.9 Å². The van der Waals surface area contributed by atoms with Crippen molar-refractivity contribution < 1.29 is 9.53 Å². The molecule has 1 aliphatic heterocycles. The van der Waals surface area contributed by atoms with Gasteiger partial charge in [-0.15, -0.1) is 0 Å². The number of amides is 1. The molecule has 0 unspecified atom stereocenters. The van der Waals surface area contributed by atoms with Gasteiger partial charge >= 0.3 is 6.09 Å². The topological polar surface area (TPSA) is 32.8 Å². The summed E-state index contributed by atoms with van der Waals surface area (Å²) in [6, 6.07) is 7.92. The average Bonchev–Trinajstić information content (AvgIpc) is 2.48. The first-order valence-corrected chi connectivity index (χ1v) is 7.81. The van der Waals surface area contributed by atoms with Gasteiger partial charge in [-0.1, -0.05) is 37.6 Å². The summed E-state index contributed by atoms with van der Waals surface area (Å²) in [5, 5.41) is 0.761. The Labute approximate surface area is 131 Å². The zero-order valence-electron chi connectivity index (χ0n) is 12.7. The van der Waals surface area contributed by atoms with Gasteiger partial charge in [0.05, 0.1) is 6.61 Å². The molecule has 0 aliphatic carbocycles. The highest BCUT2D eigenvalue weighted by atomic mass is 35.5. The SMILES string of the molecule is CC(C)COC(=O)N1CCN(Cc2ccc(Cl)cc2)CC1. The standard InChI is InChI=1S/C16H23ClN2O2/c1-13(2)12-21-16(20)19-9-7-18(8-10-19)11-14-3-5-15(17)6-4-14/h3-6,13H,7-12H2,1-2H3. The summed E-state index contributed by atoms with van der Waals surface area (Å²) in [5.74, 6) is 0.375. The van der Waals surface area contributed by atoms with Crippen molar-refractivity contribution in [2.75, 3.05) is 32.8 Å². The highest BCUT2D eigenvalue weighted by molar-refractivity contribution is 6.30. The maximum atomic E-state index is 11.9. The number of piperazine rings is 1. The van der Waals surface area contributed by atoms with Crippen molar-refractivity contribution in [3.8, 4) is 0 Å². The van der Waals surface area contributed by atoms with Crippen LogP contribution in [-0.4, -0.2) is 48.7 Å². The smallest absolute Gasteiger partial charge is 0.409 e. The Morgan fingerprint density at radius 2 is 1.81 bits per heavy atom. The van der Waals surface area contributed by atoms with Gasteiger partial charge in [0.1, 0.15) is 0 Å². The Hall–Kier alpha value is -1.26. The molecule has 0 saturated carbocycles. The van der Waals surface area contributed by atoms with Crippen LogP contribution in [0.1, 0.15) is 19.4 Å². The molecular formula is C16H23ClN2O2. The minimum Gasteiger partial charge on any atom is -0.449 e. The van der Waals surface area contributed by atoms with Crippen molar-refractivity contribution in [2.45, 2.75) is 20.4 Å². The van der Waals surface area contributed by atoms with Gasteiger partial charge in [-0.3, -0.25) is 4.90 Å². The Morgan fingerprint density at radius 3 is 2.38 bits per heavy atom. The predicted octanol–water partition coefficient (Wildman–Crippen LogP) is 3.25. The second-order valence-corrected chi connectivity index (χ2v) is 6.30. The van der Waals surface area contributed by atoms with Crippen molar-refractivity contribution in [2.24, 2.45) is 5.92 Å². The number of ether oxygens (including phenoxy) is 1. The molecule has 1 heterocycles. The molecule has 1 aliphatic rings. The summed E-state index contributed by atoms with van der Waals surface area (Å²) in [4.78, 5) is 16.0. The molecule has 4 nitrogen and oxygen atoms in total. The lowest BCUT2D eigenvalue weighted by Gasteiger charge is -2.34. The van der Waals surface area contributed by atoms with Crippen LogP contribution < -0.4 is 0 Å². The zero-order chi connectivity index (χ0) is 15.2. The quantitative estimate of drug-likeness (QED) is 0.856. The number of hydrogen-bond donors (Lipinski definition) is 0. The summed E-state index contributed by atoms with van der Waals surface area (Å²) in [6.07, 6.45) is -0.185. The highest BCUT2D eigenvalue weighted by Gasteiger charge is 2.22. The van der Waals surface area contributed by atoms with Crippen LogP contribution in [-0.2, 0) is 11.3 Å². The number of halogens is 1. The number of hydrogen-bond acceptors (Lipinski definition) is 3. The third kappa shape index (κ3) is 5.21. The van der Waals surface area contributed by atoms with Crippen molar-refractivity contribution in [1.29, 1.82) is 0 Å². The van der Waals surface area contributed by atoms with Crippen LogP contribution in [0.5, 0.6) is 0 Å². The third-order valence-electron chi connectivity index (χ3n) is 3.49. The van der Waals surface area contributed by atoms with Crippen LogP contribution >= 0.6 is 11.6 Å². The molecule has 0 spiro atoms. The lowest BCUT2D eigenvalue weighted by Crippen LogP contribution is -2.48. The van der Waals surface area contributed by atoms with Gasteiger partial charge in [-0.05, 0) is 23.6 Å². The molecule has 1 aromatic carbocycles. The van der Waals surface area contributed by atoms with Gasteiger partial charge in [-0.2, -0.15) is 0 Å². The van der Waals surface area contributed by atoms with E-state index in [0.717, 1.165) is 37.7 Å². The Bertz CT molecular complexity index is 454. The van der Waals surface area contributed by atoms with Crippen LogP contribution in [0.4, 0.5) is 4.79 Å². The fourth-order valence-corrected chi connectivity index (χ4v) is 2.39. The van der Waals surface area contributed by atoms with E-state index in [1.54, 1.807) is 4.90 Å². The van der Waals surface area contributed by atoms with Crippen LogP contribution in [0, 0.1) is 5.92 Å². The van der Waals surface area contributed by atoms with Crippen LogP contribution in [0.3, 0.4) is 0 Å². The summed E-state index contributed by atoms with van der Waals surface area (Å²) in [6.45, 7) is 8.67. The van der Waals surface area contributed by atoms with Crippen molar-refractivity contribution in [1.82, 2.24) is 9.80 Å². The number of nitrogens with zero attached hydrogens (tertiary/aromatic N) is 2. The minimum atomic E-state index is -0.185. The number of carbonyl (C=O) groups excluding carboxylic acids is 1. The van der Waals surface area contributed by atoms with E-state index >= 15 is 0 Å². The Balaban J connectivity index is 1.75. The van der Waals surface area contributed by atoms with Crippen LogP contribution in [0.2, 0.25) is 5.02 Å². The van der Waals surface area contributed by atoms with E-state index in [-0.39, 0.29) is 6.09 Å². The zero-order valence-corrected chi connectivity index (χ0v) is 13.5. The second-order valence-electron chi connectivity index (χ2n) is 5.86. The van der Waals surface area contributed by atoms with E-state index in [4.69, 9.17) is 16.3 Å². The van der Waals surface area contributed by atoms with Gasteiger partial charge in [0.2, 0.25) is 0 Å². The number of rotatable bonds is 4. The van der Waals surface area contributed by atoms with E-state index in [9.17, 15) is 4.79 Å². The van der Waals surface area contributed by atoms with Gasteiger partial charge in [0.25, 0.3) is 0 Å². The fourth-order valence-electron chi connectivity index (χ4n) is 2.27.